The van der Waals surface area contributed by atoms with Crippen LogP contribution in [0.1, 0.15) is 27.7 Å². The first kappa shape index (κ1) is 15.4. The smallest absolute Gasteiger partial charge is 0.417 e. The normalized spacial score (nSPS) is 10.9. The van der Waals surface area contributed by atoms with Crippen molar-refractivity contribution in [2.75, 3.05) is 18.1 Å². The lowest BCUT2D eigenvalue weighted by Crippen LogP contribution is -2.40. The van der Waals surface area contributed by atoms with E-state index >= 15 is 0 Å². The maximum absolute atomic E-state index is 12.1. The highest BCUT2D eigenvalue weighted by atomic mass is 32.1. The lowest BCUT2D eigenvalue weighted by atomic mass is 10.2. The molecule has 1 heterocycles. The van der Waals surface area contributed by atoms with E-state index < -0.39 is 17.7 Å². The summed E-state index contributed by atoms with van der Waals surface area (Å²) in [7, 11) is 0. The predicted octanol–water partition coefficient (Wildman–Crippen LogP) is 2.45. The molecule has 0 saturated carbocycles. The maximum atomic E-state index is 12.1. The van der Waals surface area contributed by atoms with Crippen LogP contribution in [0.2, 0.25) is 0 Å². The Morgan fingerprint density at radius 3 is 2.58 bits per heavy atom. The Morgan fingerprint density at radius 2 is 2.11 bits per heavy atom. The van der Waals surface area contributed by atoms with Gasteiger partial charge in [0.1, 0.15) is 12.1 Å². The highest BCUT2D eigenvalue weighted by Crippen LogP contribution is 2.20. The van der Waals surface area contributed by atoms with Crippen LogP contribution in [-0.4, -0.2) is 35.8 Å². The second-order valence-corrected chi connectivity index (χ2v) is 5.56. The van der Waals surface area contributed by atoms with Gasteiger partial charge >= 0.3 is 12.1 Å². The Balaban J connectivity index is 2.81. The summed E-state index contributed by atoms with van der Waals surface area (Å²) in [5, 5.41) is 2.13. The fraction of sp³-hybridized carbons (Fsp3) is 0.583. The second-order valence-electron chi connectivity index (χ2n) is 4.69. The van der Waals surface area contributed by atoms with Gasteiger partial charge in [-0.3, -0.25) is 4.79 Å². The molecule has 0 fully saturated rings. The molecule has 0 atom stereocenters. The average Bonchev–Trinajstić information content (AvgIpc) is 2.76. The number of hydrogen-bond donors (Lipinski definition) is 0. The number of anilines is 1. The average molecular weight is 286 g/mol. The molecule has 7 heteroatoms. The molecule has 0 aliphatic carbocycles. The zero-order chi connectivity index (χ0) is 14.5. The van der Waals surface area contributed by atoms with Crippen molar-refractivity contribution in [3.63, 3.8) is 0 Å². The fourth-order valence-corrected chi connectivity index (χ4v) is 1.84. The summed E-state index contributed by atoms with van der Waals surface area (Å²) in [6.07, 6.45) is 0.943. The Kier molecular flexibility index (Phi) is 5.29. The van der Waals surface area contributed by atoms with E-state index in [4.69, 9.17) is 9.47 Å². The van der Waals surface area contributed by atoms with Gasteiger partial charge in [0, 0.05) is 11.6 Å². The van der Waals surface area contributed by atoms with Gasteiger partial charge in [0.2, 0.25) is 0 Å². The molecule has 0 spiro atoms. The zero-order valence-corrected chi connectivity index (χ0v) is 12.3. The largest absolute Gasteiger partial charge is 0.465 e. The third kappa shape index (κ3) is 5.25. The summed E-state index contributed by atoms with van der Waals surface area (Å²) in [6, 6.07) is 0. The van der Waals surface area contributed by atoms with Crippen LogP contribution in [0.3, 0.4) is 0 Å². The third-order valence-electron chi connectivity index (χ3n) is 1.86. The first-order valence-electron chi connectivity index (χ1n) is 5.89. The summed E-state index contributed by atoms with van der Waals surface area (Å²) >= 11 is 1.25. The molecule has 1 rings (SSSR count). The second kappa shape index (κ2) is 6.51. The van der Waals surface area contributed by atoms with Gasteiger partial charge in [-0.15, -0.1) is 11.3 Å². The standard InChI is InChI=1S/C12H18N2O4S/c1-5-17-9(15)8-14(10-13-6-7-19-10)11(16)18-12(2,3)4/h6-7H,5,8H2,1-4H3. The van der Waals surface area contributed by atoms with E-state index in [0.717, 1.165) is 0 Å². The molecule has 106 valence electrons. The third-order valence-corrected chi connectivity index (χ3v) is 2.65. The topological polar surface area (TPSA) is 68.7 Å². The number of thiazole rings is 1. The fourth-order valence-electron chi connectivity index (χ4n) is 1.21. The van der Waals surface area contributed by atoms with Gasteiger partial charge < -0.3 is 9.47 Å². The molecular weight excluding hydrogens is 268 g/mol. The lowest BCUT2D eigenvalue weighted by molar-refractivity contribution is -0.141. The molecular formula is C12H18N2O4S. The Bertz CT molecular complexity index is 425. The predicted molar refractivity (Wildman–Crippen MR) is 72.3 cm³/mol. The Morgan fingerprint density at radius 1 is 1.42 bits per heavy atom. The number of aromatic nitrogens is 1. The van der Waals surface area contributed by atoms with E-state index in [1.165, 1.54) is 16.2 Å². The number of esters is 1. The van der Waals surface area contributed by atoms with Crippen LogP contribution < -0.4 is 4.90 Å². The number of carbonyl (C=O) groups is 2. The molecule has 6 nitrogen and oxygen atoms in total. The number of carbonyl (C=O) groups excluding carboxylic acids is 2. The molecule has 1 amide bonds. The van der Waals surface area contributed by atoms with Crippen molar-refractivity contribution >= 4 is 28.5 Å². The van der Waals surface area contributed by atoms with Gasteiger partial charge in [0.15, 0.2) is 5.13 Å². The SMILES string of the molecule is CCOC(=O)CN(C(=O)OC(C)(C)C)c1nccs1. The van der Waals surface area contributed by atoms with Crippen LogP contribution in [0.15, 0.2) is 11.6 Å². The Hall–Kier alpha value is -1.63. The van der Waals surface area contributed by atoms with E-state index in [9.17, 15) is 9.59 Å². The van der Waals surface area contributed by atoms with Crippen molar-refractivity contribution in [3.8, 4) is 0 Å². The maximum Gasteiger partial charge on any atom is 0.417 e. The minimum Gasteiger partial charge on any atom is -0.465 e. The molecule has 0 aliphatic rings. The number of ether oxygens (including phenoxy) is 2. The molecule has 1 aromatic rings. The first-order valence-corrected chi connectivity index (χ1v) is 6.77. The van der Waals surface area contributed by atoms with E-state index in [-0.39, 0.29) is 13.2 Å². The van der Waals surface area contributed by atoms with Crippen LogP contribution in [-0.2, 0) is 14.3 Å². The quantitative estimate of drug-likeness (QED) is 0.795. The van der Waals surface area contributed by atoms with Crippen molar-refractivity contribution in [2.45, 2.75) is 33.3 Å². The Labute approximate surface area is 116 Å². The number of rotatable bonds is 4. The van der Waals surface area contributed by atoms with Crippen molar-refractivity contribution in [3.05, 3.63) is 11.6 Å². The minimum atomic E-state index is -0.638. The van der Waals surface area contributed by atoms with Gasteiger partial charge in [-0.2, -0.15) is 0 Å². The highest BCUT2D eigenvalue weighted by Gasteiger charge is 2.27. The van der Waals surface area contributed by atoms with E-state index in [0.29, 0.717) is 5.13 Å². The minimum absolute atomic E-state index is 0.212. The number of nitrogens with zero attached hydrogens (tertiary/aromatic N) is 2. The molecule has 0 bridgehead atoms. The number of amides is 1. The first-order chi connectivity index (χ1) is 8.83. The van der Waals surface area contributed by atoms with Gasteiger partial charge in [-0.25, -0.2) is 14.7 Å². The van der Waals surface area contributed by atoms with E-state index in [1.807, 2.05) is 0 Å². The summed E-state index contributed by atoms with van der Waals surface area (Å²) in [4.78, 5) is 28.8. The van der Waals surface area contributed by atoms with Gasteiger partial charge in [0.05, 0.1) is 6.61 Å². The summed E-state index contributed by atoms with van der Waals surface area (Å²) in [5.74, 6) is -0.497. The van der Waals surface area contributed by atoms with Gasteiger partial charge in [-0.05, 0) is 27.7 Å². The molecule has 0 saturated heterocycles. The monoisotopic (exact) mass is 286 g/mol. The molecule has 0 aromatic carbocycles. The lowest BCUT2D eigenvalue weighted by Gasteiger charge is -2.25. The van der Waals surface area contributed by atoms with E-state index in [1.54, 1.807) is 39.3 Å². The van der Waals surface area contributed by atoms with Crippen LogP contribution in [0.25, 0.3) is 0 Å². The van der Waals surface area contributed by atoms with Gasteiger partial charge in [0.25, 0.3) is 0 Å². The molecule has 19 heavy (non-hydrogen) atoms. The van der Waals surface area contributed by atoms with Crippen LogP contribution in [0, 0.1) is 0 Å². The number of hydrogen-bond acceptors (Lipinski definition) is 6. The molecule has 0 radical (unpaired) electrons. The van der Waals surface area contributed by atoms with Crippen LogP contribution in [0.4, 0.5) is 9.93 Å². The molecule has 0 unspecified atom stereocenters. The van der Waals surface area contributed by atoms with Crippen LogP contribution in [0.5, 0.6) is 0 Å². The van der Waals surface area contributed by atoms with Crippen molar-refractivity contribution in [2.24, 2.45) is 0 Å². The van der Waals surface area contributed by atoms with E-state index in [2.05, 4.69) is 4.98 Å². The molecule has 1 aromatic heterocycles. The molecule has 0 aliphatic heterocycles. The van der Waals surface area contributed by atoms with Crippen molar-refractivity contribution in [1.82, 2.24) is 4.98 Å². The van der Waals surface area contributed by atoms with Gasteiger partial charge in [-0.1, -0.05) is 0 Å². The highest BCUT2D eigenvalue weighted by molar-refractivity contribution is 7.13. The van der Waals surface area contributed by atoms with Crippen molar-refractivity contribution in [1.29, 1.82) is 0 Å². The summed E-state index contributed by atoms with van der Waals surface area (Å²) in [5.41, 5.74) is -0.638. The van der Waals surface area contributed by atoms with Crippen molar-refractivity contribution < 1.29 is 19.1 Å². The molecule has 0 N–H and O–H groups in total. The zero-order valence-electron chi connectivity index (χ0n) is 11.5. The summed E-state index contributed by atoms with van der Waals surface area (Å²) < 4.78 is 10.1. The summed E-state index contributed by atoms with van der Waals surface area (Å²) in [6.45, 7) is 7.04. The van der Waals surface area contributed by atoms with Crippen LogP contribution >= 0.6 is 11.3 Å².